The number of nitro benzene ring substituents is 1. The van der Waals surface area contributed by atoms with Crippen molar-refractivity contribution in [3.05, 3.63) is 105 Å². The standard InChI is InChI=1S/C25H21FN2O4/c26-23-14-7-9-17(24(23)28(30)31)8-5-6-15-27-25(29)32-16-22-20-12-3-1-10-18(20)19-11-2-4-13-21(19)22/h1-5,7-14,22H,6,15-16H2,(H,27,29). The normalized spacial score (nSPS) is 12.4. The predicted octanol–water partition coefficient (Wildman–Crippen LogP) is 5.68. The molecule has 1 amide bonds. The zero-order valence-corrected chi connectivity index (χ0v) is 17.2. The highest BCUT2D eigenvalue weighted by molar-refractivity contribution is 5.79. The van der Waals surface area contributed by atoms with Crippen molar-refractivity contribution < 1.29 is 18.8 Å². The molecule has 0 aliphatic heterocycles. The van der Waals surface area contributed by atoms with Crippen LogP contribution in [0, 0.1) is 15.9 Å². The Morgan fingerprint density at radius 1 is 1.03 bits per heavy atom. The molecule has 3 aromatic carbocycles. The van der Waals surface area contributed by atoms with E-state index in [1.807, 2.05) is 24.3 Å². The molecule has 3 aromatic rings. The Bertz CT molecular complexity index is 1150. The summed E-state index contributed by atoms with van der Waals surface area (Å²) in [4.78, 5) is 22.4. The Morgan fingerprint density at radius 3 is 2.34 bits per heavy atom. The molecule has 1 aliphatic carbocycles. The molecule has 0 heterocycles. The minimum atomic E-state index is -0.881. The summed E-state index contributed by atoms with van der Waals surface area (Å²) in [5, 5.41) is 13.7. The second-order valence-corrected chi connectivity index (χ2v) is 7.38. The molecule has 1 aliphatic rings. The quantitative estimate of drug-likeness (QED) is 0.296. The first-order valence-electron chi connectivity index (χ1n) is 10.2. The van der Waals surface area contributed by atoms with Crippen molar-refractivity contribution in [2.24, 2.45) is 0 Å². The number of nitrogens with zero attached hydrogens (tertiary/aromatic N) is 1. The van der Waals surface area contributed by atoms with Gasteiger partial charge in [0.1, 0.15) is 6.61 Å². The Kier molecular flexibility index (Phi) is 6.26. The van der Waals surface area contributed by atoms with Crippen LogP contribution in [-0.2, 0) is 4.74 Å². The lowest BCUT2D eigenvalue weighted by molar-refractivity contribution is -0.387. The number of carbonyl (C=O) groups is 1. The van der Waals surface area contributed by atoms with Gasteiger partial charge < -0.3 is 10.1 Å². The number of carbonyl (C=O) groups excluding carboxylic acids is 1. The van der Waals surface area contributed by atoms with Crippen LogP contribution in [0.4, 0.5) is 14.9 Å². The summed E-state index contributed by atoms with van der Waals surface area (Å²) in [5.41, 5.74) is 4.22. The van der Waals surface area contributed by atoms with Crippen LogP contribution >= 0.6 is 0 Å². The number of nitrogens with one attached hydrogen (secondary N) is 1. The lowest BCUT2D eigenvalue weighted by Crippen LogP contribution is -2.26. The Labute approximate surface area is 184 Å². The van der Waals surface area contributed by atoms with Crippen LogP contribution in [-0.4, -0.2) is 24.2 Å². The number of rotatable bonds is 7. The third-order valence-corrected chi connectivity index (χ3v) is 5.42. The molecular formula is C25H21FN2O4. The highest BCUT2D eigenvalue weighted by Crippen LogP contribution is 2.44. The van der Waals surface area contributed by atoms with Crippen LogP contribution in [0.2, 0.25) is 0 Å². The zero-order chi connectivity index (χ0) is 22.5. The predicted molar refractivity (Wildman–Crippen MR) is 120 cm³/mol. The number of hydrogen-bond donors (Lipinski definition) is 1. The molecule has 6 nitrogen and oxygen atoms in total. The summed E-state index contributed by atoms with van der Waals surface area (Å²) < 4.78 is 19.1. The number of nitro groups is 1. The summed E-state index contributed by atoms with van der Waals surface area (Å²) in [6.45, 7) is 0.515. The molecule has 32 heavy (non-hydrogen) atoms. The third kappa shape index (κ3) is 4.37. The van der Waals surface area contributed by atoms with E-state index in [0.717, 1.165) is 28.3 Å². The van der Waals surface area contributed by atoms with E-state index in [1.165, 1.54) is 18.2 Å². The molecular weight excluding hydrogens is 411 g/mol. The zero-order valence-electron chi connectivity index (χ0n) is 17.2. The Balaban J connectivity index is 1.29. The maximum atomic E-state index is 13.6. The topological polar surface area (TPSA) is 81.5 Å². The number of hydrogen-bond acceptors (Lipinski definition) is 4. The van der Waals surface area contributed by atoms with Gasteiger partial charge in [0.25, 0.3) is 0 Å². The molecule has 0 saturated carbocycles. The van der Waals surface area contributed by atoms with Gasteiger partial charge in [0, 0.05) is 12.5 Å². The van der Waals surface area contributed by atoms with Crippen molar-refractivity contribution in [1.82, 2.24) is 5.32 Å². The van der Waals surface area contributed by atoms with Gasteiger partial charge in [0.2, 0.25) is 5.82 Å². The van der Waals surface area contributed by atoms with Gasteiger partial charge in [-0.15, -0.1) is 0 Å². The maximum Gasteiger partial charge on any atom is 0.407 e. The van der Waals surface area contributed by atoms with Crippen molar-refractivity contribution in [3.8, 4) is 11.1 Å². The van der Waals surface area contributed by atoms with Crippen LogP contribution in [0.1, 0.15) is 29.0 Å². The fourth-order valence-corrected chi connectivity index (χ4v) is 3.98. The average molecular weight is 432 g/mol. The number of para-hydroxylation sites is 1. The van der Waals surface area contributed by atoms with E-state index in [9.17, 15) is 19.3 Å². The first-order valence-corrected chi connectivity index (χ1v) is 10.2. The van der Waals surface area contributed by atoms with Crippen LogP contribution in [0.3, 0.4) is 0 Å². The van der Waals surface area contributed by atoms with Crippen molar-refractivity contribution in [3.63, 3.8) is 0 Å². The maximum absolute atomic E-state index is 13.6. The second-order valence-electron chi connectivity index (χ2n) is 7.38. The minimum Gasteiger partial charge on any atom is -0.449 e. The fourth-order valence-electron chi connectivity index (χ4n) is 3.98. The molecule has 162 valence electrons. The third-order valence-electron chi connectivity index (χ3n) is 5.42. The van der Waals surface area contributed by atoms with Gasteiger partial charge in [0.15, 0.2) is 0 Å². The SMILES string of the molecule is O=C(NCCC=Cc1cccc(F)c1[N+](=O)[O-])OCC1c2ccccc2-c2ccccc21. The van der Waals surface area contributed by atoms with E-state index in [0.29, 0.717) is 6.42 Å². The van der Waals surface area contributed by atoms with Gasteiger partial charge in [-0.3, -0.25) is 10.1 Å². The van der Waals surface area contributed by atoms with Gasteiger partial charge in [-0.1, -0.05) is 66.7 Å². The van der Waals surface area contributed by atoms with E-state index >= 15 is 0 Å². The molecule has 0 fully saturated rings. The van der Waals surface area contributed by atoms with Crippen LogP contribution in [0.25, 0.3) is 17.2 Å². The van der Waals surface area contributed by atoms with E-state index in [1.54, 1.807) is 6.08 Å². The smallest absolute Gasteiger partial charge is 0.407 e. The molecule has 1 N–H and O–H groups in total. The summed E-state index contributed by atoms with van der Waals surface area (Å²) in [5.74, 6) is -0.893. The Hall–Kier alpha value is -4.00. The number of benzene rings is 3. The monoisotopic (exact) mass is 432 g/mol. The Morgan fingerprint density at radius 2 is 1.69 bits per heavy atom. The van der Waals surface area contributed by atoms with Crippen molar-refractivity contribution in [2.45, 2.75) is 12.3 Å². The molecule has 0 radical (unpaired) electrons. The highest BCUT2D eigenvalue weighted by atomic mass is 19.1. The fraction of sp³-hybridized carbons (Fsp3) is 0.160. The van der Waals surface area contributed by atoms with E-state index < -0.39 is 22.5 Å². The van der Waals surface area contributed by atoms with Crippen LogP contribution < -0.4 is 5.32 Å². The van der Waals surface area contributed by atoms with Gasteiger partial charge >= 0.3 is 11.8 Å². The van der Waals surface area contributed by atoms with Crippen LogP contribution in [0.5, 0.6) is 0 Å². The van der Waals surface area contributed by atoms with E-state index in [2.05, 4.69) is 29.6 Å². The molecule has 0 spiro atoms. The first kappa shape index (κ1) is 21.2. The first-order chi connectivity index (χ1) is 15.6. The van der Waals surface area contributed by atoms with Gasteiger partial charge in [-0.05, 0) is 40.8 Å². The minimum absolute atomic E-state index is 0.0124. The summed E-state index contributed by atoms with van der Waals surface area (Å²) >= 11 is 0. The number of amides is 1. The number of alkyl carbamates (subject to hydrolysis) is 1. The molecule has 0 saturated heterocycles. The summed E-state index contributed by atoms with van der Waals surface area (Å²) in [7, 11) is 0. The molecule has 0 bridgehead atoms. The lowest BCUT2D eigenvalue weighted by Gasteiger charge is -2.14. The van der Waals surface area contributed by atoms with Gasteiger partial charge in [0.05, 0.1) is 10.5 Å². The lowest BCUT2D eigenvalue weighted by atomic mass is 9.98. The molecule has 4 rings (SSSR count). The number of halogens is 1. The average Bonchev–Trinajstić information content (AvgIpc) is 3.11. The summed E-state index contributed by atoms with van der Waals surface area (Å²) in [6, 6.07) is 20.1. The molecule has 0 unspecified atom stereocenters. The van der Waals surface area contributed by atoms with E-state index in [-0.39, 0.29) is 24.6 Å². The van der Waals surface area contributed by atoms with Gasteiger partial charge in [-0.25, -0.2) is 4.79 Å². The number of fused-ring (bicyclic) bond motifs is 3. The molecule has 0 aromatic heterocycles. The molecule has 7 heteroatoms. The second kappa shape index (κ2) is 9.43. The largest absolute Gasteiger partial charge is 0.449 e. The van der Waals surface area contributed by atoms with Crippen molar-refractivity contribution in [2.75, 3.05) is 13.2 Å². The summed E-state index contributed by atoms with van der Waals surface area (Å²) in [6.07, 6.45) is 3.00. The number of ether oxygens (including phenoxy) is 1. The molecule has 0 atom stereocenters. The van der Waals surface area contributed by atoms with Crippen LogP contribution in [0.15, 0.2) is 72.8 Å². The van der Waals surface area contributed by atoms with Crippen molar-refractivity contribution >= 4 is 17.9 Å². The highest BCUT2D eigenvalue weighted by Gasteiger charge is 2.28. The van der Waals surface area contributed by atoms with E-state index in [4.69, 9.17) is 4.74 Å². The van der Waals surface area contributed by atoms with Gasteiger partial charge in [-0.2, -0.15) is 4.39 Å². The van der Waals surface area contributed by atoms with Crippen molar-refractivity contribution in [1.29, 1.82) is 0 Å².